The van der Waals surface area contributed by atoms with E-state index in [1.54, 1.807) is 24.3 Å². The van der Waals surface area contributed by atoms with Crippen LogP contribution in [0.4, 0.5) is 21.5 Å². The summed E-state index contributed by atoms with van der Waals surface area (Å²) < 4.78 is 41.4. The number of aryl methyl sites for hydroxylation is 1. The molecule has 7 nitrogen and oxygen atoms in total. The summed E-state index contributed by atoms with van der Waals surface area (Å²) in [6.45, 7) is 3.20. The lowest BCUT2D eigenvalue weighted by Crippen LogP contribution is -2.27. The number of amides is 2. The van der Waals surface area contributed by atoms with Gasteiger partial charge >= 0.3 is 0 Å². The fourth-order valence-electron chi connectivity index (χ4n) is 2.95. The highest BCUT2D eigenvalue weighted by Gasteiger charge is 2.22. The zero-order chi connectivity index (χ0) is 23.5. The van der Waals surface area contributed by atoms with E-state index in [2.05, 4.69) is 10.6 Å². The molecule has 2 amide bonds. The second-order valence-electron chi connectivity index (χ2n) is 7.17. The molecule has 0 bridgehead atoms. The number of nitrogens with zero attached hydrogens (tertiary/aromatic N) is 1. The summed E-state index contributed by atoms with van der Waals surface area (Å²) in [5.41, 5.74) is 1.67. The van der Waals surface area contributed by atoms with Gasteiger partial charge in [0.2, 0.25) is 5.91 Å². The molecule has 9 heteroatoms. The van der Waals surface area contributed by atoms with Crippen LogP contribution in [0.5, 0.6) is 0 Å². The maximum absolute atomic E-state index is 14.1. The number of anilines is 3. The van der Waals surface area contributed by atoms with E-state index in [1.807, 2.05) is 6.92 Å². The predicted molar refractivity (Wildman–Crippen MR) is 122 cm³/mol. The first-order valence-electron chi connectivity index (χ1n) is 9.62. The lowest BCUT2D eigenvalue weighted by Gasteiger charge is -2.20. The monoisotopic (exact) mass is 455 g/mol. The van der Waals surface area contributed by atoms with Gasteiger partial charge in [-0.2, -0.15) is 0 Å². The summed E-state index contributed by atoms with van der Waals surface area (Å²) in [5.74, 6) is -1.74. The van der Waals surface area contributed by atoms with Crippen LogP contribution in [0.25, 0.3) is 0 Å². The van der Waals surface area contributed by atoms with Crippen LogP contribution < -0.4 is 14.9 Å². The highest BCUT2D eigenvalue weighted by Crippen LogP contribution is 2.24. The Morgan fingerprint density at radius 2 is 1.62 bits per heavy atom. The van der Waals surface area contributed by atoms with E-state index in [0.717, 1.165) is 15.9 Å². The van der Waals surface area contributed by atoms with Crippen molar-refractivity contribution in [2.24, 2.45) is 0 Å². The zero-order valence-electron chi connectivity index (χ0n) is 17.7. The first kappa shape index (κ1) is 23.0. The molecular formula is C23H22FN3O4S. The van der Waals surface area contributed by atoms with Gasteiger partial charge in [0.25, 0.3) is 15.9 Å². The number of rotatable bonds is 6. The van der Waals surface area contributed by atoms with Crippen molar-refractivity contribution >= 4 is 38.9 Å². The van der Waals surface area contributed by atoms with Gasteiger partial charge in [-0.1, -0.05) is 23.8 Å². The van der Waals surface area contributed by atoms with Crippen molar-refractivity contribution in [1.29, 1.82) is 0 Å². The lowest BCUT2D eigenvalue weighted by molar-refractivity contribution is -0.114. The second kappa shape index (κ2) is 9.19. The fourth-order valence-corrected chi connectivity index (χ4v) is 4.19. The maximum Gasteiger partial charge on any atom is 0.264 e. The second-order valence-corrected chi connectivity index (χ2v) is 9.14. The van der Waals surface area contributed by atoms with Crippen LogP contribution in [0.2, 0.25) is 0 Å². The van der Waals surface area contributed by atoms with Crippen LogP contribution >= 0.6 is 0 Å². The van der Waals surface area contributed by atoms with Crippen molar-refractivity contribution in [3.8, 4) is 0 Å². The molecule has 0 saturated heterocycles. The van der Waals surface area contributed by atoms with Crippen LogP contribution in [0, 0.1) is 12.7 Å². The first-order chi connectivity index (χ1) is 15.1. The topological polar surface area (TPSA) is 95.6 Å². The molecule has 3 aromatic carbocycles. The number of sulfonamides is 1. The number of hydrogen-bond acceptors (Lipinski definition) is 4. The minimum absolute atomic E-state index is 0.0349. The minimum atomic E-state index is -3.93. The third-order valence-electron chi connectivity index (χ3n) is 4.69. The van der Waals surface area contributed by atoms with E-state index in [1.165, 1.54) is 50.4 Å². The first-order valence-corrected chi connectivity index (χ1v) is 11.1. The predicted octanol–water partition coefficient (Wildman–Crippen LogP) is 4.17. The van der Waals surface area contributed by atoms with Crippen molar-refractivity contribution in [2.45, 2.75) is 18.7 Å². The molecule has 0 heterocycles. The third kappa shape index (κ3) is 5.12. The molecule has 2 N–H and O–H groups in total. The van der Waals surface area contributed by atoms with E-state index < -0.39 is 21.7 Å². The van der Waals surface area contributed by atoms with Crippen molar-refractivity contribution < 1.29 is 22.4 Å². The van der Waals surface area contributed by atoms with Crippen LogP contribution in [0.15, 0.2) is 71.6 Å². The molecule has 0 aromatic heterocycles. The molecule has 0 aliphatic rings. The van der Waals surface area contributed by atoms with Crippen LogP contribution in [-0.4, -0.2) is 27.3 Å². The Bertz CT molecular complexity index is 1270. The number of carbonyl (C=O) groups excluding carboxylic acids is 2. The fraction of sp³-hybridized carbons (Fsp3) is 0.130. The number of halogens is 1. The molecule has 0 fully saturated rings. The van der Waals surface area contributed by atoms with Crippen LogP contribution in [0.1, 0.15) is 22.8 Å². The van der Waals surface area contributed by atoms with Gasteiger partial charge in [0.05, 0.1) is 16.3 Å². The van der Waals surface area contributed by atoms with E-state index in [-0.39, 0.29) is 22.1 Å². The number of nitrogens with one attached hydrogen (secondary N) is 2. The van der Waals surface area contributed by atoms with Crippen molar-refractivity contribution in [3.05, 3.63) is 83.7 Å². The van der Waals surface area contributed by atoms with Gasteiger partial charge in [-0.15, -0.1) is 0 Å². The highest BCUT2D eigenvalue weighted by atomic mass is 32.2. The van der Waals surface area contributed by atoms with E-state index in [9.17, 15) is 22.4 Å². The van der Waals surface area contributed by atoms with Gasteiger partial charge in [0, 0.05) is 25.2 Å². The standard InChI is InChI=1S/C23H22FN3O4S/c1-15-7-10-19(11-8-15)27(3)32(30,31)20-6-4-5-17(13-20)23(29)26-22-14-18(25-16(2)28)9-12-21(22)24/h4-14H,1-3H3,(H,25,28)(H,26,29). The minimum Gasteiger partial charge on any atom is -0.326 e. The third-order valence-corrected chi connectivity index (χ3v) is 6.47. The molecule has 0 saturated carbocycles. The summed E-state index contributed by atoms with van der Waals surface area (Å²) in [4.78, 5) is 23.8. The Labute approximate surface area is 185 Å². The summed E-state index contributed by atoms with van der Waals surface area (Å²) in [5, 5.41) is 4.92. The van der Waals surface area contributed by atoms with Gasteiger partial charge in [0.1, 0.15) is 5.82 Å². The molecule has 0 aliphatic carbocycles. The Hall–Kier alpha value is -3.72. The summed E-state index contributed by atoms with van der Waals surface area (Å²) in [7, 11) is -2.50. The highest BCUT2D eigenvalue weighted by molar-refractivity contribution is 7.92. The van der Waals surface area contributed by atoms with E-state index >= 15 is 0 Å². The number of carbonyl (C=O) groups is 2. The molecule has 0 radical (unpaired) electrons. The number of hydrogen-bond donors (Lipinski definition) is 2. The molecule has 166 valence electrons. The normalized spacial score (nSPS) is 11.0. The van der Waals surface area contributed by atoms with Gasteiger partial charge in [-0.25, -0.2) is 12.8 Å². The summed E-state index contributed by atoms with van der Waals surface area (Å²) >= 11 is 0. The molecular weight excluding hydrogens is 433 g/mol. The van der Waals surface area contributed by atoms with Crippen molar-refractivity contribution in [2.75, 3.05) is 22.0 Å². The van der Waals surface area contributed by atoms with Crippen LogP contribution in [-0.2, 0) is 14.8 Å². The van der Waals surface area contributed by atoms with Gasteiger partial charge < -0.3 is 10.6 Å². The average Bonchev–Trinajstić information content (AvgIpc) is 2.75. The van der Waals surface area contributed by atoms with Gasteiger partial charge in [0.15, 0.2) is 0 Å². The Morgan fingerprint density at radius 1 is 0.938 bits per heavy atom. The molecule has 3 rings (SSSR count). The van der Waals surface area contributed by atoms with Crippen LogP contribution in [0.3, 0.4) is 0 Å². The Morgan fingerprint density at radius 3 is 2.28 bits per heavy atom. The Balaban J connectivity index is 1.86. The lowest BCUT2D eigenvalue weighted by atomic mass is 10.2. The zero-order valence-corrected chi connectivity index (χ0v) is 18.5. The molecule has 0 spiro atoms. The van der Waals surface area contributed by atoms with E-state index in [0.29, 0.717) is 11.4 Å². The molecule has 0 atom stereocenters. The van der Waals surface area contributed by atoms with Gasteiger partial charge in [-0.3, -0.25) is 13.9 Å². The van der Waals surface area contributed by atoms with Crippen molar-refractivity contribution in [3.63, 3.8) is 0 Å². The Kier molecular flexibility index (Phi) is 6.59. The molecule has 3 aromatic rings. The van der Waals surface area contributed by atoms with E-state index in [4.69, 9.17) is 0 Å². The molecule has 0 unspecified atom stereocenters. The van der Waals surface area contributed by atoms with Crippen molar-refractivity contribution in [1.82, 2.24) is 0 Å². The summed E-state index contributed by atoms with van der Waals surface area (Å²) in [6.07, 6.45) is 0. The van der Waals surface area contributed by atoms with Gasteiger partial charge in [-0.05, 0) is 55.5 Å². The molecule has 0 aliphatic heterocycles. The maximum atomic E-state index is 14.1. The SMILES string of the molecule is CC(=O)Nc1ccc(F)c(NC(=O)c2cccc(S(=O)(=O)N(C)c3ccc(C)cc3)c2)c1. The number of benzene rings is 3. The smallest absolute Gasteiger partial charge is 0.264 e. The largest absolute Gasteiger partial charge is 0.326 e. The summed E-state index contributed by atoms with van der Waals surface area (Å²) in [6, 6.07) is 16.2. The average molecular weight is 456 g/mol. The molecule has 32 heavy (non-hydrogen) atoms. The quantitative estimate of drug-likeness (QED) is 0.583.